The number of pyridine rings is 4. The summed E-state index contributed by atoms with van der Waals surface area (Å²) in [6, 6.07) is 34.9. The molecule has 9 heteroatoms. The maximum atomic E-state index is 14.9. The molecule has 2 aromatic carbocycles. The van der Waals surface area contributed by atoms with Gasteiger partial charge in [-0.2, -0.15) is 0 Å². The van der Waals surface area contributed by atoms with Crippen molar-refractivity contribution in [3.8, 4) is 45.0 Å². The predicted octanol–water partition coefficient (Wildman–Crippen LogP) is 7.66. The highest BCUT2D eigenvalue weighted by atomic mass is 16.5. The van der Waals surface area contributed by atoms with Gasteiger partial charge in [0.1, 0.15) is 0 Å². The van der Waals surface area contributed by atoms with Crippen LogP contribution < -0.4 is 9.80 Å². The average molecular weight is 637 g/mol. The van der Waals surface area contributed by atoms with E-state index in [1.54, 1.807) is 48.8 Å². The molecule has 0 aliphatic rings. The number of ether oxygens (including phenoxy) is 2. The van der Waals surface area contributed by atoms with Gasteiger partial charge in [0.25, 0.3) is 0 Å². The first kappa shape index (κ1) is 32.2. The van der Waals surface area contributed by atoms with Crippen LogP contribution in [0.2, 0.25) is 0 Å². The van der Waals surface area contributed by atoms with Crippen LogP contribution in [-0.2, 0) is 9.47 Å². The van der Waals surface area contributed by atoms with Crippen LogP contribution in [0.25, 0.3) is 45.0 Å². The van der Waals surface area contributed by atoms with Gasteiger partial charge in [0, 0.05) is 72.6 Å². The Bertz CT molecular complexity index is 1670. The van der Waals surface area contributed by atoms with E-state index in [-0.39, 0.29) is 6.03 Å². The number of anilines is 2. The molecule has 9 nitrogen and oxygen atoms in total. The highest BCUT2D eigenvalue weighted by Gasteiger charge is 2.26. The third-order valence-electron chi connectivity index (χ3n) is 7.80. The number of nitrogens with zero attached hydrogens (tertiary/aromatic N) is 6. The molecule has 240 valence electrons. The van der Waals surface area contributed by atoms with Gasteiger partial charge in [0.15, 0.2) is 0 Å². The zero-order valence-corrected chi connectivity index (χ0v) is 26.9. The van der Waals surface area contributed by atoms with Gasteiger partial charge in [0.2, 0.25) is 0 Å². The summed E-state index contributed by atoms with van der Waals surface area (Å²) in [7, 11) is 3.26. The molecule has 48 heavy (non-hydrogen) atoms. The number of rotatable bonds is 12. The minimum Gasteiger partial charge on any atom is -0.383 e. The molecule has 0 N–H and O–H groups in total. The number of aromatic nitrogens is 4. The first-order valence-corrected chi connectivity index (χ1v) is 15.7. The zero-order chi connectivity index (χ0) is 33.1. The van der Waals surface area contributed by atoms with E-state index in [2.05, 4.69) is 19.9 Å². The Kier molecular flexibility index (Phi) is 10.5. The van der Waals surface area contributed by atoms with Crippen LogP contribution in [0.15, 0.2) is 134 Å². The third-order valence-corrected chi connectivity index (χ3v) is 7.80. The minimum atomic E-state index is -0.237. The van der Waals surface area contributed by atoms with Gasteiger partial charge in [-0.15, -0.1) is 0 Å². The van der Waals surface area contributed by atoms with Crippen LogP contribution in [0, 0.1) is 0 Å². The topological polar surface area (TPSA) is 93.6 Å². The van der Waals surface area contributed by atoms with Gasteiger partial charge in [0.05, 0.1) is 49.1 Å². The van der Waals surface area contributed by atoms with Crippen molar-refractivity contribution >= 4 is 17.4 Å². The maximum absolute atomic E-state index is 14.9. The van der Waals surface area contributed by atoms with Gasteiger partial charge in [-0.05, 0) is 84.9 Å². The number of carbonyl (C=O) groups is 1. The lowest BCUT2D eigenvalue weighted by atomic mass is 10.0. The van der Waals surface area contributed by atoms with Crippen molar-refractivity contribution in [3.63, 3.8) is 0 Å². The fourth-order valence-corrected chi connectivity index (χ4v) is 5.44. The molecular formula is C39H36N6O3. The van der Waals surface area contributed by atoms with Crippen LogP contribution >= 0.6 is 0 Å². The summed E-state index contributed by atoms with van der Waals surface area (Å²) in [6.07, 6.45) is 7.04. The molecule has 0 atom stereocenters. The fourth-order valence-electron chi connectivity index (χ4n) is 5.44. The lowest BCUT2D eigenvalue weighted by Crippen LogP contribution is -2.46. The molecule has 0 saturated heterocycles. The van der Waals surface area contributed by atoms with Crippen molar-refractivity contribution in [1.29, 1.82) is 0 Å². The Labute approximate surface area is 280 Å². The molecule has 6 rings (SSSR count). The number of carbonyl (C=O) groups excluding carboxylic acids is 1. The van der Waals surface area contributed by atoms with E-state index in [4.69, 9.17) is 9.47 Å². The number of urea groups is 1. The first-order valence-electron chi connectivity index (χ1n) is 15.7. The van der Waals surface area contributed by atoms with Gasteiger partial charge in [-0.25, -0.2) is 4.79 Å². The second-order valence-electron chi connectivity index (χ2n) is 11.0. The number of hydrogen-bond acceptors (Lipinski definition) is 7. The molecular weight excluding hydrogens is 600 g/mol. The first-order chi connectivity index (χ1) is 23.6. The van der Waals surface area contributed by atoms with Crippen LogP contribution in [0.1, 0.15) is 0 Å². The second kappa shape index (κ2) is 15.7. The largest absolute Gasteiger partial charge is 0.383 e. The molecule has 0 fully saturated rings. The number of benzene rings is 2. The smallest absolute Gasteiger partial charge is 0.329 e. The standard InChI is InChI=1S/C39H36N6O3/c1-47-21-19-44(33-25-29(35-11-3-7-15-40-35)23-30(26-33)36-12-4-8-16-41-36)39(46)45(20-22-48-2)34-27-31(37-13-5-9-17-42-37)24-32(28-34)38-14-6-10-18-43-38/h3-18,23-28H,19-22H2,1-2H3. The SMILES string of the molecule is COCCN(C(=O)N(CCOC)c1cc(-c2ccccn2)cc(-c2ccccn2)c1)c1cc(-c2ccccn2)cc(-c2ccccn2)c1. The monoisotopic (exact) mass is 636 g/mol. The second-order valence-corrected chi connectivity index (χ2v) is 11.0. The van der Waals surface area contributed by atoms with Crippen molar-refractivity contribution in [2.24, 2.45) is 0 Å². The van der Waals surface area contributed by atoms with Crippen LogP contribution in [0.4, 0.5) is 16.2 Å². The van der Waals surface area contributed by atoms with E-state index >= 15 is 0 Å². The van der Waals surface area contributed by atoms with Crippen LogP contribution in [0.3, 0.4) is 0 Å². The van der Waals surface area contributed by atoms with E-state index < -0.39 is 0 Å². The Morgan fingerprint density at radius 2 is 0.812 bits per heavy atom. The van der Waals surface area contributed by atoms with E-state index in [0.29, 0.717) is 37.7 Å². The van der Waals surface area contributed by atoms with E-state index in [0.717, 1.165) is 45.0 Å². The van der Waals surface area contributed by atoms with Crippen molar-refractivity contribution < 1.29 is 14.3 Å². The summed E-state index contributed by atoms with van der Waals surface area (Å²) in [6.45, 7) is 1.26. The third kappa shape index (κ3) is 7.60. The molecule has 2 amide bonds. The van der Waals surface area contributed by atoms with E-state index in [1.165, 1.54) is 0 Å². The molecule has 4 heterocycles. The van der Waals surface area contributed by atoms with Crippen LogP contribution in [-0.4, -0.2) is 66.5 Å². The fraction of sp³-hybridized carbons (Fsp3) is 0.154. The van der Waals surface area contributed by atoms with Gasteiger partial charge in [-0.3, -0.25) is 29.7 Å². The average Bonchev–Trinajstić information content (AvgIpc) is 3.16. The van der Waals surface area contributed by atoms with Crippen molar-refractivity contribution in [1.82, 2.24) is 19.9 Å². The summed E-state index contributed by atoms with van der Waals surface area (Å²) in [5.41, 5.74) is 7.98. The molecule has 0 unspecified atom stereocenters. The molecule has 0 radical (unpaired) electrons. The van der Waals surface area contributed by atoms with Crippen molar-refractivity contribution in [3.05, 3.63) is 134 Å². The summed E-state index contributed by atoms with van der Waals surface area (Å²) < 4.78 is 11.0. The molecule has 0 spiro atoms. The summed E-state index contributed by atoms with van der Waals surface area (Å²) >= 11 is 0. The molecule has 0 aliphatic heterocycles. The predicted molar refractivity (Wildman–Crippen MR) is 190 cm³/mol. The highest BCUT2D eigenvalue weighted by Crippen LogP contribution is 2.34. The number of amides is 2. The van der Waals surface area contributed by atoms with E-state index in [9.17, 15) is 4.79 Å². The number of hydrogen-bond donors (Lipinski definition) is 0. The normalized spacial score (nSPS) is 10.9. The zero-order valence-electron chi connectivity index (χ0n) is 26.9. The number of methoxy groups -OCH3 is 2. The molecule has 0 bridgehead atoms. The van der Waals surface area contributed by atoms with Gasteiger partial charge in [-0.1, -0.05) is 24.3 Å². The Hall–Kier alpha value is -5.77. The summed E-state index contributed by atoms with van der Waals surface area (Å²) in [5, 5.41) is 0. The maximum Gasteiger partial charge on any atom is 0.329 e. The lowest BCUT2D eigenvalue weighted by Gasteiger charge is -2.32. The quantitative estimate of drug-likeness (QED) is 0.136. The van der Waals surface area contributed by atoms with Crippen molar-refractivity contribution in [2.45, 2.75) is 0 Å². The van der Waals surface area contributed by atoms with Crippen molar-refractivity contribution in [2.75, 3.05) is 50.3 Å². The van der Waals surface area contributed by atoms with Gasteiger partial charge < -0.3 is 9.47 Å². The minimum absolute atomic E-state index is 0.237. The van der Waals surface area contributed by atoms with E-state index in [1.807, 2.05) is 109 Å². The molecule has 4 aromatic heterocycles. The molecule has 0 aliphatic carbocycles. The Morgan fingerprint density at radius 1 is 0.500 bits per heavy atom. The summed E-state index contributed by atoms with van der Waals surface area (Å²) in [5.74, 6) is 0. The Balaban J connectivity index is 1.49. The Morgan fingerprint density at radius 3 is 1.06 bits per heavy atom. The van der Waals surface area contributed by atoms with Crippen LogP contribution in [0.5, 0.6) is 0 Å². The van der Waals surface area contributed by atoms with Gasteiger partial charge >= 0.3 is 6.03 Å². The molecule has 6 aromatic rings. The molecule has 0 saturated carbocycles. The highest BCUT2D eigenvalue weighted by molar-refractivity contribution is 6.05. The lowest BCUT2D eigenvalue weighted by molar-refractivity contribution is 0.198. The summed E-state index contributed by atoms with van der Waals surface area (Å²) in [4.78, 5) is 36.8.